The van der Waals surface area contributed by atoms with Crippen LogP contribution in [0.15, 0.2) is 29.2 Å². The third kappa shape index (κ3) is 10.9. The minimum absolute atomic E-state index is 0.791. The number of hydrogen-bond acceptors (Lipinski definition) is 2. The van der Waals surface area contributed by atoms with Gasteiger partial charge in [-0.1, -0.05) is 103 Å². The molecule has 2 nitrogen and oxygen atoms in total. The van der Waals surface area contributed by atoms with Crippen LogP contribution in [0.4, 0.5) is 5.69 Å². The molecule has 0 aliphatic heterocycles. The summed E-state index contributed by atoms with van der Waals surface area (Å²) in [5.41, 5.74) is 0.917. The molecule has 148 valence electrons. The summed E-state index contributed by atoms with van der Waals surface area (Å²) in [6, 6.07) is 7.79. The van der Waals surface area contributed by atoms with Crippen LogP contribution in [0.25, 0.3) is 0 Å². The van der Waals surface area contributed by atoms with Gasteiger partial charge in [0.2, 0.25) is 6.41 Å². The molecule has 1 amide bonds. The van der Waals surface area contributed by atoms with Crippen LogP contribution < -0.4 is 4.90 Å². The normalized spacial score (nSPS) is 10.8. The first-order valence-corrected chi connectivity index (χ1v) is 11.2. The molecule has 0 aliphatic rings. The Morgan fingerprint density at radius 1 is 0.769 bits per heavy atom. The summed E-state index contributed by atoms with van der Waals surface area (Å²) in [7, 11) is 0. The largest absolute Gasteiger partial charge is 0.314 e. The quantitative estimate of drug-likeness (QED) is 0.170. The third-order valence-electron chi connectivity index (χ3n) is 5.07. The predicted molar refractivity (Wildman–Crippen MR) is 117 cm³/mol. The van der Waals surface area contributed by atoms with Crippen molar-refractivity contribution in [2.24, 2.45) is 0 Å². The second kappa shape index (κ2) is 16.2. The summed E-state index contributed by atoms with van der Waals surface area (Å²) in [5.74, 6) is 0. The van der Waals surface area contributed by atoms with Crippen LogP contribution in [-0.2, 0) is 4.79 Å². The van der Waals surface area contributed by atoms with Gasteiger partial charge < -0.3 is 4.90 Å². The van der Waals surface area contributed by atoms with E-state index in [-0.39, 0.29) is 0 Å². The van der Waals surface area contributed by atoms with Crippen molar-refractivity contribution in [3.05, 3.63) is 24.3 Å². The summed E-state index contributed by atoms with van der Waals surface area (Å²) >= 11 is 4.44. The van der Waals surface area contributed by atoms with Crippen molar-refractivity contribution in [3.63, 3.8) is 0 Å². The van der Waals surface area contributed by atoms with Crippen molar-refractivity contribution in [2.75, 3.05) is 11.4 Å². The SMILES string of the molecule is CCCCCCCCCCCCCCCCN(C=O)c1ccccc1S. The number of amides is 1. The number of rotatable bonds is 17. The van der Waals surface area contributed by atoms with Gasteiger partial charge in [-0.2, -0.15) is 0 Å². The molecule has 0 fully saturated rings. The van der Waals surface area contributed by atoms with E-state index >= 15 is 0 Å². The average Bonchev–Trinajstić information content (AvgIpc) is 2.66. The molecule has 0 bridgehead atoms. The molecule has 0 saturated carbocycles. The van der Waals surface area contributed by atoms with E-state index in [0.717, 1.165) is 30.0 Å². The van der Waals surface area contributed by atoms with Gasteiger partial charge in [-0.25, -0.2) is 0 Å². The van der Waals surface area contributed by atoms with E-state index in [1.54, 1.807) is 4.90 Å². The monoisotopic (exact) mass is 377 g/mol. The van der Waals surface area contributed by atoms with Crippen molar-refractivity contribution in [1.82, 2.24) is 0 Å². The molecule has 0 spiro atoms. The number of carbonyl (C=O) groups excluding carboxylic acids is 1. The van der Waals surface area contributed by atoms with Crippen LogP contribution in [0.5, 0.6) is 0 Å². The molecular weight excluding hydrogens is 338 g/mol. The van der Waals surface area contributed by atoms with Crippen LogP contribution in [0, 0.1) is 0 Å². The summed E-state index contributed by atoms with van der Waals surface area (Å²) in [4.78, 5) is 14.0. The number of nitrogens with zero attached hydrogens (tertiary/aromatic N) is 1. The van der Waals surface area contributed by atoms with Crippen LogP contribution in [0.3, 0.4) is 0 Å². The van der Waals surface area contributed by atoms with Crippen molar-refractivity contribution in [1.29, 1.82) is 0 Å². The molecule has 1 aromatic rings. The molecule has 0 aliphatic carbocycles. The van der Waals surface area contributed by atoms with E-state index in [1.807, 2.05) is 24.3 Å². The molecule has 0 atom stereocenters. The minimum Gasteiger partial charge on any atom is -0.314 e. The first-order chi connectivity index (χ1) is 12.8. The summed E-state index contributed by atoms with van der Waals surface area (Å²) in [6.07, 6.45) is 19.9. The average molecular weight is 378 g/mol. The maximum absolute atomic E-state index is 11.3. The first kappa shape index (κ1) is 23.1. The molecule has 1 aromatic carbocycles. The smallest absolute Gasteiger partial charge is 0.214 e. The predicted octanol–water partition coefficient (Wildman–Crippen LogP) is 7.42. The third-order valence-corrected chi connectivity index (χ3v) is 5.45. The molecule has 3 heteroatoms. The Bertz CT molecular complexity index is 463. The Labute approximate surface area is 167 Å². The van der Waals surface area contributed by atoms with E-state index < -0.39 is 0 Å². The molecule has 0 radical (unpaired) electrons. The maximum atomic E-state index is 11.3. The lowest BCUT2D eigenvalue weighted by molar-refractivity contribution is -0.107. The first-order valence-electron chi connectivity index (χ1n) is 10.8. The van der Waals surface area contributed by atoms with Gasteiger partial charge in [0.25, 0.3) is 0 Å². The van der Waals surface area contributed by atoms with Gasteiger partial charge >= 0.3 is 0 Å². The second-order valence-corrected chi connectivity index (χ2v) is 7.87. The zero-order chi connectivity index (χ0) is 18.9. The lowest BCUT2D eigenvalue weighted by Gasteiger charge is -2.19. The van der Waals surface area contributed by atoms with E-state index in [1.165, 1.54) is 83.5 Å². The highest BCUT2D eigenvalue weighted by molar-refractivity contribution is 7.80. The Morgan fingerprint density at radius 3 is 1.69 bits per heavy atom. The second-order valence-electron chi connectivity index (χ2n) is 7.38. The minimum atomic E-state index is 0.791. The van der Waals surface area contributed by atoms with Gasteiger partial charge in [-0.05, 0) is 18.6 Å². The number of unbranched alkanes of at least 4 members (excludes halogenated alkanes) is 13. The van der Waals surface area contributed by atoms with Crippen LogP contribution in [0.2, 0.25) is 0 Å². The summed E-state index contributed by atoms with van der Waals surface area (Å²) in [6.45, 7) is 3.07. The molecule has 0 N–H and O–H groups in total. The van der Waals surface area contributed by atoms with Gasteiger partial charge in [0.1, 0.15) is 0 Å². The van der Waals surface area contributed by atoms with Gasteiger partial charge in [0, 0.05) is 11.4 Å². The zero-order valence-corrected chi connectivity index (χ0v) is 17.7. The Kier molecular flexibility index (Phi) is 14.4. The number of hydrogen-bond donors (Lipinski definition) is 1. The van der Waals surface area contributed by atoms with Crippen molar-refractivity contribution >= 4 is 24.7 Å². The molecule has 0 unspecified atom stereocenters. The number of benzene rings is 1. The number of anilines is 1. The summed E-state index contributed by atoms with van der Waals surface area (Å²) in [5, 5.41) is 0. The lowest BCUT2D eigenvalue weighted by Crippen LogP contribution is -2.22. The van der Waals surface area contributed by atoms with E-state index in [0.29, 0.717) is 0 Å². The Morgan fingerprint density at radius 2 is 1.23 bits per heavy atom. The van der Waals surface area contributed by atoms with E-state index in [2.05, 4.69) is 19.6 Å². The fourth-order valence-corrected chi connectivity index (χ4v) is 3.70. The highest BCUT2D eigenvalue weighted by atomic mass is 32.1. The van der Waals surface area contributed by atoms with Gasteiger partial charge in [-0.15, -0.1) is 12.6 Å². The lowest BCUT2D eigenvalue weighted by atomic mass is 10.0. The number of thiol groups is 1. The van der Waals surface area contributed by atoms with Crippen LogP contribution in [-0.4, -0.2) is 13.0 Å². The topological polar surface area (TPSA) is 20.3 Å². The molecular formula is C23H39NOS. The van der Waals surface area contributed by atoms with Crippen LogP contribution in [0.1, 0.15) is 96.8 Å². The molecule has 1 rings (SSSR count). The Balaban J connectivity index is 1.93. The standard InChI is InChI=1S/C23H39NOS/c1-2-3-4-5-6-7-8-9-10-11-12-13-14-17-20-24(21-25)22-18-15-16-19-23(22)26/h15-16,18-19,21,26H,2-14,17,20H2,1H3. The van der Waals surface area contributed by atoms with Crippen molar-refractivity contribution < 1.29 is 4.79 Å². The van der Waals surface area contributed by atoms with E-state index in [4.69, 9.17) is 0 Å². The highest BCUT2D eigenvalue weighted by Gasteiger charge is 2.07. The molecule has 26 heavy (non-hydrogen) atoms. The van der Waals surface area contributed by atoms with Gasteiger partial charge in [0.05, 0.1) is 5.69 Å². The van der Waals surface area contributed by atoms with Crippen LogP contribution >= 0.6 is 12.6 Å². The van der Waals surface area contributed by atoms with Gasteiger partial charge in [-0.3, -0.25) is 4.79 Å². The summed E-state index contributed by atoms with van der Waals surface area (Å²) < 4.78 is 0. The van der Waals surface area contributed by atoms with Gasteiger partial charge in [0.15, 0.2) is 0 Å². The molecule has 0 aromatic heterocycles. The Hall–Kier alpha value is -0.960. The molecule has 0 saturated heterocycles. The number of para-hydroxylation sites is 1. The van der Waals surface area contributed by atoms with Crippen molar-refractivity contribution in [3.8, 4) is 0 Å². The maximum Gasteiger partial charge on any atom is 0.214 e. The fraction of sp³-hybridized carbons (Fsp3) is 0.696. The van der Waals surface area contributed by atoms with E-state index in [9.17, 15) is 4.79 Å². The number of carbonyl (C=O) groups is 1. The zero-order valence-electron chi connectivity index (χ0n) is 16.8. The molecule has 0 heterocycles. The fourth-order valence-electron chi connectivity index (χ4n) is 3.41. The van der Waals surface area contributed by atoms with Crippen molar-refractivity contribution in [2.45, 2.75) is 102 Å². The highest BCUT2D eigenvalue weighted by Crippen LogP contribution is 2.23.